The predicted molar refractivity (Wildman–Crippen MR) is 107 cm³/mol. The van der Waals surface area contributed by atoms with Crippen LogP contribution in [0.4, 0.5) is 0 Å². The van der Waals surface area contributed by atoms with Gasteiger partial charge in [-0.05, 0) is 24.1 Å². The zero-order valence-electron chi connectivity index (χ0n) is 16.0. The second kappa shape index (κ2) is 7.72. The van der Waals surface area contributed by atoms with E-state index >= 15 is 0 Å². The largest absolute Gasteiger partial charge is 0.491 e. The molecule has 148 valence electrons. The van der Waals surface area contributed by atoms with Crippen LogP contribution in [0.15, 0.2) is 66.9 Å². The molecule has 2 aromatic carbocycles. The SMILES string of the molecule is O=C(N[C@H]1COc2ccccc21)[C@H]1CCO[C@@H]1c1ccnn1Cc1ccccc1. The second-order valence-corrected chi connectivity index (χ2v) is 7.50. The lowest BCUT2D eigenvalue weighted by Gasteiger charge is -2.21. The van der Waals surface area contributed by atoms with Crippen LogP contribution in [-0.2, 0) is 16.1 Å². The number of nitrogens with one attached hydrogen (secondary N) is 1. The van der Waals surface area contributed by atoms with Crippen molar-refractivity contribution in [3.05, 3.63) is 83.7 Å². The first-order chi connectivity index (χ1) is 14.3. The summed E-state index contributed by atoms with van der Waals surface area (Å²) in [6.07, 6.45) is 2.18. The number of aromatic nitrogens is 2. The van der Waals surface area contributed by atoms with Gasteiger partial charge in [0, 0.05) is 18.4 Å². The summed E-state index contributed by atoms with van der Waals surface area (Å²) in [7, 11) is 0. The van der Waals surface area contributed by atoms with Gasteiger partial charge in [0.1, 0.15) is 18.5 Å². The fraction of sp³-hybridized carbons (Fsp3) is 0.304. The minimum atomic E-state index is -0.293. The van der Waals surface area contributed by atoms with Crippen molar-refractivity contribution in [2.45, 2.75) is 25.1 Å². The van der Waals surface area contributed by atoms with Gasteiger partial charge in [0.25, 0.3) is 0 Å². The van der Waals surface area contributed by atoms with Crippen molar-refractivity contribution in [3.8, 4) is 5.75 Å². The van der Waals surface area contributed by atoms with E-state index in [4.69, 9.17) is 9.47 Å². The summed E-state index contributed by atoms with van der Waals surface area (Å²) in [5.41, 5.74) is 3.14. The van der Waals surface area contributed by atoms with Crippen LogP contribution in [-0.4, -0.2) is 28.9 Å². The molecule has 0 saturated carbocycles. The molecule has 6 heteroatoms. The molecule has 1 amide bonds. The Labute approximate surface area is 169 Å². The number of carbonyl (C=O) groups is 1. The van der Waals surface area contributed by atoms with Crippen LogP contribution < -0.4 is 10.1 Å². The van der Waals surface area contributed by atoms with Crippen molar-refractivity contribution >= 4 is 5.91 Å². The molecule has 6 nitrogen and oxygen atoms in total. The highest BCUT2D eigenvalue weighted by atomic mass is 16.5. The second-order valence-electron chi connectivity index (χ2n) is 7.50. The standard InChI is InChI=1S/C23H23N3O3/c27-23(25-19-15-29-21-9-5-4-8-17(19)21)18-11-13-28-22(18)20-10-12-24-26(20)14-16-6-2-1-3-7-16/h1-10,12,18-19,22H,11,13-15H2,(H,25,27)/t18-,19-,22-/m0/s1. The summed E-state index contributed by atoms with van der Waals surface area (Å²) in [5, 5.41) is 7.63. The maximum absolute atomic E-state index is 13.1. The number of carbonyl (C=O) groups excluding carboxylic acids is 1. The Kier molecular flexibility index (Phi) is 4.77. The first kappa shape index (κ1) is 17.9. The summed E-state index contributed by atoms with van der Waals surface area (Å²) >= 11 is 0. The third-order valence-electron chi connectivity index (χ3n) is 5.66. The van der Waals surface area contributed by atoms with Crippen molar-refractivity contribution in [2.24, 2.45) is 5.92 Å². The predicted octanol–water partition coefficient (Wildman–Crippen LogP) is 3.26. The molecule has 3 heterocycles. The van der Waals surface area contributed by atoms with E-state index in [1.165, 1.54) is 0 Å². The van der Waals surface area contributed by atoms with Gasteiger partial charge in [-0.25, -0.2) is 0 Å². The number of rotatable bonds is 5. The third-order valence-corrected chi connectivity index (χ3v) is 5.66. The molecule has 2 aliphatic heterocycles. The van der Waals surface area contributed by atoms with Crippen LogP contribution in [0.25, 0.3) is 0 Å². The highest BCUT2D eigenvalue weighted by molar-refractivity contribution is 5.80. The number of hydrogen-bond acceptors (Lipinski definition) is 4. The smallest absolute Gasteiger partial charge is 0.226 e. The van der Waals surface area contributed by atoms with E-state index in [-0.39, 0.29) is 24.0 Å². The van der Waals surface area contributed by atoms with E-state index in [1.807, 2.05) is 53.2 Å². The first-order valence-electron chi connectivity index (χ1n) is 9.99. The Morgan fingerprint density at radius 2 is 1.93 bits per heavy atom. The Balaban J connectivity index is 1.32. The number of amides is 1. The van der Waals surface area contributed by atoms with E-state index < -0.39 is 0 Å². The van der Waals surface area contributed by atoms with Crippen molar-refractivity contribution in [2.75, 3.05) is 13.2 Å². The quantitative estimate of drug-likeness (QED) is 0.727. The van der Waals surface area contributed by atoms with Crippen LogP contribution in [0.1, 0.15) is 35.4 Å². The number of para-hydroxylation sites is 1. The van der Waals surface area contributed by atoms with E-state index in [2.05, 4.69) is 22.5 Å². The van der Waals surface area contributed by atoms with Crippen LogP contribution in [0.2, 0.25) is 0 Å². The summed E-state index contributed by atoms with van der Waals surface area (Å²) in [4.78, 5) is 13.1. The average Bonchev–Trinajstić information content (AvgIpc) is 3.48. The molecule has 29 heavy (non-hydrogen) atoms. The van der Waals surface area contributed by atoms with Gasteiger partial charge in [0.15, 0.2) is 0 Å². The zero-order chi connectivity index (χ0) is 19.6. The number of benzene rings is 2. The van der Waals surface area contributed by atoms with Crippen LogP contribution in [0.5, 0.6) is 5.75 Å². The van der Waals surface area contributed by atoms with Gasteiger partial charge in [0.2, 0.25) is 5.91 Å². The highest BCUT2D eigenvalue weighted by Crippen LogP contribution is 2.37. The molecule has 1 N–H and O–H groups in total. The zero-order valence-corrected chi connectivity index (χ0v) is 16.0. The molecule has 2 aliphatic rings. The molecule has 1 aromatic heterocycles. The topological polar surface area (TPSA) is 65.4 Å². The van der Waals surface area contributed by atoms with Gasteiger partial charge in [-0.3, -0.25) is 9.48 Å². The van der Waals surface area contributed by atoms with Gasteiger partial charge < -0.3 is 14.8 Å². The van der Waals surface area contributed by atoms with E-state index in [9.17, 15) is 4.79 Å². The molecule has 5 rings (SSSR count). The van der Waals surface area contributed by atoms with E-state index in [1.54, 1.807) is 6.20 Å². The molecule has 0 aliphatic carbocycles. The molecular formula is C23H23N3O3. The van der Waals surface area contributed by atoms with Gasteiger partial charge in [-0.2, -0.15) is 5.10 Å². The fourth-order valence-electron chi connectivity index (χ4n) is 4.18. The Bertz CT molecular complexity index is 1000. The van der Waals surface area contributed by atoms with E-state index in [0.717, 1.165) is 22.6 Å². The molecule has 3 aromatic rings. The molecule has 1 fully saturated rings. The van der Waals surface area contributed by atoms with Crippen LogP contribution in [0, 0.1) is 5.92 Å². The maximum atomic E-state index is 13.1. The molecule has 0 spiro atoms. The van der Waals surface area contributed by atoms with Gasteiger partial charge in [-0.1, -0.05) is 48.5 Å². The maximum Gasteiger partial charge on any atom is 0.226 e. The number of ether oxygens (including phenoxy) is 2. The van der Waals surface area contributed by atoms with Crippen molar-refractivity contribution in [3.63, 3.8) is 0 Å². The summed E-state index contributed by atoms with van der Waals surface area (Å²) in [6, 6.07) is 19.9. The fourth-order valence-corrected chi connectivity index (χ4v) is 4.18. The van der Waals surface area contributed by atoms with Gasteiger partial charge >= 0.3 is 0 Å². The minimum Gasteiger partial charge on any atom is -0.491 e. The van der Waals surface area contributed by atoms with Crippen LogP contribution >= 0.6 is 0 Å². The Morgan fingerprint density at radius 1 is 1.10 bits per heavy atom. The lowest BCUT2D eigenvalue weighted by atomic mass is 9.97. The summed E-state index contributed by atoms with van der Waals surface area (Å²) < 4.78 is 13.6. The Hall–Kier alpha value is -3.12. The van der Waals surface area contributed by atoms with E-state index in [0.29, 0.717) is 26.2 Å². The van der Waals surface area contributed by atoms with Gasteiger partial charge in [0.05, 0.1) is 24.2 Å². The normalized spacial score (nSPS) is 22.8. The Morgan fingerprint density at radius 3 is 2.83 bits per heavy atom. The van der Waals surface area contributed by atoms with Gasteiger partial charge in [-0.15, -0.1) is 0 Å². The molecular weight excluding hydrogens is 366 g/mol. The first-order valence-corrected chi connectivity index (χ1v) is 9.99. The lowest BCUT2D eigenvalue weighted by molar-refractivity contribution is -0.127. The highest BCUT2D eigenvalue weighted by Gasteiger charge is 2.38. The number of fused-ring (bicyclic) bond motifs is 1. The molecule has 0 radical (unpaired) electrons. The van der Waals surface area contributed by atoms with Crippen molar-refractivity contribution in [1.82, 2.24) is 15.1 Å². The average molecular weight is 389 g/mol. The van der Waals surface area contributed by atoms with Crippen LogP contribution in [0.3, 0.4) is 0 Å². The third kappa shape index (κ3) is 3.51. The minimum absolute atomic E-state index is 0.00487. The molecule has 0 bridgehead atoms. The number of nitrogens with zero attached hydrogens (tertiary/aromatic N) is 2. The monoisotopic (exact) mass is 389 g/mol. The number of hydrogen-bond donors (Lipinski definition) is 1. The van der Waals surface area contributed by atoms with Crippen molar-refractivity contribution < 1.29 is 14.3 Å². The lowest BCUT2D eigenvalue weighted by Crippen LogP contribution is -2.36. The summed E-state index contributed by atoms with van der Waals surface area (Å²) in [6.45, 7) is 1.69. The summed E-state index contributed by atoms with van der Waals surface area (Å²) in [5.74, 6) is 0.609. The molecule has 3 atom stereocenters. The van der Waals surface area contributed by atoms with Crippen molar-refractivity contribution in [1.29, 1.82) is 0 Å². The molecule has 1 saturated heterocycles. The molecule has 0 unspecified atom stereocenters.